The number of nitrogens with one attached hydrogen (secondary N) is 4. The third-order valence-electron chi connectivity index (χ3n) is 4.97. The maximum Gasteiger partial charge on any atom is 2.00 e. The van der Waals surface area contributed by atoms with E-state index in [2.05, 4.69) is 67.8 Å². The Bertz CT molecular complexity index is 661. The van der Waals surface area contributed by atoms with Gasteiger partial charge in [0.2, 0.25) is 0 Å². The van der Waals surface area contributed by atoms with Crippen LogP contribution in [-0.4, -0.2) is 60.3 Å². The number of pyridine rings is 1. The van der Waals surface area contributed by atoms with Crippen molar-refractivity contribution in [1.82, 2.24) is 26.3 Å². The van der Waals surface area contributed by atoms with Crippen LogP contribution >= 0.6 is 0 Å². The van der Waals surface area contributed by atoms with Gasteiger partial charge in [0.05, 0.1) is 5.97 Å². The van der Waals surface area contributed by atoms with Gasteiger partial charge in [-0.05, 0) is 60.5 Å². The van der Waals surface area contributed by atoms with Crippen LogP contribution in [0.1, 0.15) is 64.7 Å². The van der Waals surface area contributed by atoms with Crippen molar-refractivity contribution in [3.63, 3.8) is 0 Å². The number of carbonyl (C=O) groups is 1. The van der Waals surface area contributed by atoms with E-state index in [1.807, 2.05) is 0 Å². The zero-order valence-corrected chi connectivity index (χ0v) is 23.0. The molecule has 0 spiro atoms. The van der Waals surface area contributed by atoms with Gasteiger partial charge in [-0.3, -0.25) is 4.98 Å². The molecule has 0 aromatic carbocycles. The van der Waals surface area contributed by atoms with Gasteiger partial charge in [0.15, 0.2) is 0 Å². The van der Waals surface area contributed by atoms with Gasteiger partial charge in [0.25, 0.3) is 0 Å². The predicted molar refractivity (Wildman–Crippen MR) is 117 cm³/mol. The average molecular weight is 565 g/mol. The molecule has 1 saturated heterocycles. The Morgan fingerprint density at radius 2 is 1.31 bits per heavy atom. The smallest absolute Gasteiger partial charge is 0.545 e. The molecule has 0 saturated carbocycles. The predicted octanol–water partition coefficient (Wildman–Crippen LogP) is -3.84. The molecule has 2 heterocycles. The molecule has 2 atom stereocenters. The number of carboxylic acid groups (broad SMARTS) is 1. The van der Waals surface area contributed by atoms with Crippen LogP contribution in [0.2, 0.25) is 0 Å². The minimum atomic E-state index is -4.94. The third kappa shape index (κ3) is 23.2. The van der Waals surface area contributed by atoms with Crippen molar-refractivity contribution in [2.45, 2.75) is 77.5 Å². The monoisotopic (exact) mass is 563 g/mol. The minimum Gasteiger partial charge on any atom is -0.545 e. The van der Waals surface area contributed by atoms with Crippen molar-refractivity contribution in [1.29, 1.82) is 0 Å². The summed E-state index contributed by atoms with van der Waals surface area (Å²) in [5.41, 5.74) is 0.486. The van der Waals surface area contributed by atoms with E-state index in [0.29, 0.717) is 12.1 Å². The van der Waals surface area contributed by atoms with Crippen LogP contribution in [0.15, 0.2) is 24.5 Å². The van der Waals surface area contributed by atoms with Crippen LogP contribution in [0.3, 0.4) is 0 Å². The first-order valence-corrected chi connectivity index (χ1v) is 12.4. The van der Waals surface area contributed by atoms with Crippen LogP contribution in [0, 0.1) is 10.2 Å². The number of aromatic carboxylic acids is 1. The van der Waals surface area contributed by atoms with Gasteiger partial charge in [-0.1, -0.05) is 6.07 Å². The largest absolute Gasteiger partial charge is 2.00 e. The molecular weight excluding hydrogens is 524 g/mol. The number of rotatable bonds is 1. The quantitative estimate of drug-likeness (QED) is 0.244. The van der Waals surface area contributed by atoms with Crippen molar-refractivity contribution in [2.24, 2.45) is 0 Å². The molecular formula is C22H40ClN5NiO6. The van der Waals surface area contributed by atoms with Crippen LogP contribution in [0.4, 0.5) is 0 Å². The van der Waals surface area contributed by atoms with E-state index in [0.717, 1.165) is 39.0 Å². The number of hydrogen-bond donors (Lipinski definition) is 4. The molecule has 206 valence electrons. The molecule has 0 bridgehead atoms. The summed E-state index contributed by atoms with van der Waals surface area (Å²) in [5, 5.41) is 24.6. The summed E-state index contributed by atoms with van der Waals surface area (Å²) >= 11 is 0. The molecule has 11 nitrogen and oxygen atoms in total. The number of halogens is 1. The maximum atomic E-state index is 10.0. The Morgan fingerprint density at radius 1 is 0.914 bits per heavy atom. The molecule has 1 aromatic heterocycles. The average Bonchev–Trinajstić information content (AvgIpc) is 2.67. The number of carboxylic acids is 1. The number of carbonyl (C=O) groups excluding carboxylic acids is 1. The first-order valence-electron chi connectivity index (χ1n) is 11.2. The third-order valence-corrected chi connectivity index (χ3v) is 4.97. The van der Waals surface area contributed by atoms with E-state index in [-0.39, 0.29) is 33.1 Å². The second kappa shape index (κ2) is 17.5. The zero-order valence-electron chi connectivity index (χ0n) is 21.3. The fourth-order valence-corrected chi connectivity index (χ4v) is 3.74. The Balaban J connectivity index is 0. The van der Waals surface area contributed by atoms with Gasteiger partial charge in [-0.25, -0.2) is 18.6 Å². The van der Waals surface area contributed by atoms with E-state index in [9.17, 15) is 9.90 Å². The first kappa shape index (κ1) is 36.2. The molecule has 2 rings (SSSR count). The van der Waals surface area contributed by atoms with Gasteiger partial charge in [-0.15, -0.1) is 10.2 Å². The summed E-state index contributed by atoms with van der Waals surface area (Å²) in [4.78, 5) is 13.6. The van der Waals surface area contributed by atoms with Gasteiger partial charge in [0, 0.05) is 67.3 Å². The Morgan fingerprint density at radius 3 is 1.60 bits per heavy atom. The summed E-state index contributed by atoms with van der Waals surface area (Å²) in [6.45, 7) is 17.8. The number of hydrogen-bond acceptors (Lipinski definition) is 11. The minimum absolute atomic E-state index is 0. The summed E-state index contributed by atoms with van der Waals surface area (Å²) < 4.78 is 34.0. The Kier molecular flexibility index (Phi) is 18.1. The normalized spacial score (nSPS) is 23.0. The van der Waals surface area contributed by atoms with E-state index in [4.69, 9.17) is 18.6 Å². The number of nitrogens with zero attached hydrogens (tertiary/aromatic N) is 1. The Labute approximate surface area is 221 Å². The molecule has 13 heteroatoms. The summed E-state index contributed by atoms with van der Waals surface area (Å²) in [5.74, 6) is -1.19. The fourth-order valence-electron chi connectivity index (χ4n) is 3.74. The van der Waals surface area contributed by atoms with Gasteiger partial charge in [-0.2, -0.15) is 0 Å². The molecule has 0 amide bonds. The van der Waals surface area contributed by atoms with Crippen LogP contribution < -0.4 is 45.0 Å². The SMILES string of the molecule is C[C@H]1CC(C)(C)NCCN[C@@H](C)CC(C)(C)NCCN1.O=C([O-])c1cccnc1.[Ni+2].[O-][Cl+3]([O-])([O-])[O-]. The molecule has 1 aliphatic heterocycles. The molecule has 0 aliphatic carbocycles. The molecule has 0 unspecified atom stereocenters. The topological polar surface area (TPSA) is 193 Å². The maximum absolute atomic E-state index is 10.0. The zero-order chi connectivity index (χ0) is 26.4. The van der Waals surface area contributed by atoms with E-state index in [1.54, 1.807) is 6.07 Å². The van der Waals surface area contributed by atoms with Crippen molar-refractivity contribution >= 4 is 5.97 Å². The van der Waals surface area contributed by atoms with Gasteiger partial charge in [0.1, 0.15) is 0 Å². The molecule has 35 heavy (non-hydrogen) atoms. The Hall–Kier alpha value is -0.916. The first-order chi connectivity index (χ1) is 15.5. The molecule has 1 aliphatic rings. The van der Waals surface area contributed by atoms with Crippen molar-refractivity contribution < 1.29 is 55.3 Å². The van der Waals surface area contributed by atoms with Gasteiger partial charge < -0.3 is 31.2 Å². The van der Waals surface area contributed by atoms with Crippen LogP contribution in [-0.2, 0) is 16.5 Å². The molecule has 4 N–H and O–H groups in total. The summed E-state index contributed by atoms with van der Waals surface area (Å²) in [6.07, 6.45) is 5.04. The molecule has 1 fully saturated rings. The van der Waals surface area contributed by atoms with Crippen molar-refractivity contribution in [2.75, 3.05) is 26.2 Å². The van der Waals surface area contributed by atoms with E-state index in [1.165, 1.54) is 18.5 Å². The van der Waals surface area contributed by atoms with Crippen molar-refractivity contribution in [3.8, 4) is 0 Å². The van der Waals surface area contributed by atoms with Crippen molar-refractivity contribution in [3.05, 3.63) is 30.1 Å². The summed E-state index contributed by atoms with van der Waals surface area (Å²) in [7, 11) is -4.94. The van der Waals surface area contributed by atoms with E-state index >= 15 is 0 Å². The second-order valence-corrected chi connectivity index (χ2v) is 10.4. The van der Waals surface area contributed by atoms with E-state index < -0.39 is 16.2 Å². The standard InChI is InChI=1S/C16H36N4.C6H5NO2.ClHO4.Ni/c1-13-11-15(3,4)19-10-8-18-14(2)12-16(5,6)20-9-7-17-13;8-6(9)5-2-1-3-7-4-5;2-1(3,4)5;/h13-14,17-20H,7-12H2,1-6H3;1-4H,(H,8,9);(H,2,3,4,5);/q;;;+2/p-2/t13-,14-;;;/m0.../s1. The van der Waals surface area contributed by atoms with Gasteiger partial charge >= 0.3 is 16.5 Å². The van der Waals surface area contributed by atoms with Crippen LogP contribution in [0.25, 0.3) is 0 Å². The second-order valence-electron chi connectivity index (χ2n) is 9.65. The summed E-state index contributed by atoms with van der Waals surface area (Å²) in [6, 6.07) is 4.06. The molecule has 0 radical (unpaired) electrons. The molecule has 1 aromatic rings. The van der Waals surface area contributed by atoms with Crippen LogP contribution in [0.5, 0.6) is 0 Å². The fraction of sp³-hybridized carbons (Fsp3) is 0.727. The number of aromatic nitrogens is 1.